The number of H-pyrrole nitrogens is 1. The number of benzene rings is 1. The molecule has 0 bridgehead atoms. The Hall–Kier alpha value is -1.52. The summed E-state index contributed by atoms with van der Waals surface area (Å²) in [6.07, 6.45) is 1.53. The van der Waals surface area contributed by atoms with Gasteiger partial charge in [-0.15, -0.1) is 0 Å². The van der Waals surface area contributed by atoms with Gasteiger partial charge in [0.2, 0.25) is 0 Å². The molecule has 0 aliphatic rings. The van der Waals surface area contributed by atoms with Gasteiger partial charge in [-0.05, 0) is 30.7 Å². The van der Waals surface area contributed by atoms with Crippen LogP contribution in [-0.2, 0) is 6.54 Å². The SMILES string of the molecule is Cc1[nH]ncc1C(=O)N(C)Cc1cc(Cl)cc(Cl)c1. The van der Waals surface area contributed by atoms with E-state index in [1.54, 1.807) is 30.1 Å². The van der Waals surface area contributed by atoms with E-state index in [1.807, 2.05) is 6.92 Å². The highest BCUT2D eigenvalue weighted by Crippen LogP contribution is 2.20. The Bertz CT molecular complexity index is 589. The van der Waals surface area contributed by atoms with E-state index in [4.69, 9.17) is 23.2 Å². The third-order valence-corrected chi connectivity index (χ3v) is 3.19. The minimum absolute atomic E-state index is 0.0950. The van der Waals surface area contributed by atoms with Gasteiger partial charge < -0.3 is 4.90 Å². The van der Waals surface area contributed by atoms with Crippen molar-refractivity contribution in [3.05, 3.63) is 51.3 Å². The van der Waals surface area contributed by atoms with E-state index in [0.717, 1.165) is 11.3 Å². The molecule has 2 aromatic rings. The minimum atomic E-state index is -0.0950. The molecule has 0 aliphatic heterocycles. The Kier molecular flexibility index (Phi) is 4.12. The van der Waals surface area contributed by atoms with E-state index in [1.165, 1.54) is 6.20 Å². The Balaban J connectivity index is 2.15. The average Bonchev–Trinajstić information content (AvgIpc) is 2.73. The van der Waals surface area contributed by atoms with Crippen molar-refractivity contribution in [1.29, 1.82) is 0 Å². The molecule has 1 amide bonds. The molecule has 0 aliphatic carbocycles. The van der Waals surface area contributed by atoms with Crippen molar-refractivity contribution in [2.75, 3.05) is 7.05 Å². The molecular weight excluding hydrogens is 285 g/mol. The molecule has 0 fully saturated rings. The van der Waals surface area contributed by atoms with E-state index in [2.05, 4.69) is 10.2 Å². The zero-order chi connectivity index (χ0) is 14.0. The topological polar surface area (TPSA) is 49.0 Å². The molecule has 1 N–H and O–H groups in total. The molecule has 0 spiro atoms. The number of carbonyl (C=O) groups excluding carboxylic acids is 1. The highest BCUT2D eigenvalue weighted by Gasteiger charge is 2.16. The number of aromatic amines is 1. The molecule has 0 saturated carbocycles. The van der Waals surface area contributed by atoms with E-state index < -0.39 is 0 Å². The Labute approximate surface area is 121 Å². The van der Waals surface area contributed by atoms with E-state index in [-0.39, 0.29) is 5.91 Å². The molecule has 1 aromatic heterocycles. The first-order valence-electron chi connectivity index (χ1n) is 5.68. The van der Waals surface area contributed by atoms with E-state index in [9.17, 15) is 4.79 Å². The van der Waals surface area contributed by atoms with Crippen molar-refractivity contribution in [2.45, 2.75) is 13.5 Å². The standard InChI is InChI=1S/C13H13Cl2N3O/c1-8-12(6-16-17-8)13(19)18(2)7-9-3-10(14)5-11(15)4-9/h3-6H,7H2,1-2H3,(H,16,17). The average molecular weight is 298 g/mol. The normalized spacial score (nSPS) is 10.5. The van der Waals surface area contributed by atoms with Gasteiger partial charge in [-0.1, -0.05) is 23.2 Å². The maximum absolute atomic E-state index is 12.2. The Morgan fingerprint density at radius 2 is 1.95 bits per heavy atom. The van der Waals surface area contributed by atoms with Gasteiger partial charge in [-0.2, -0.15) is 5.10 Å². The number of nitrogens with one attached hydrogen (secondary N) is 1. The van der Waals surface area contributed by atoms with Crippen molar-refractivity contribution in [2.24, 2.45) is 0 Å². The molecule has 0 saturated heterocycles. The fraction of sp³-hybridized carbons (Fsp3) is 0.231. The summed E-state index contributed by atoms with van der Waals surface area (Å²) < 4.78 is 0. The predicted octanol–water partition coefficient (Wildman–Crippen LogP) is 3.30. The predicted molar refractivity (Wildman–Crippen MR) is 75.6 cm³/mol. The van der Waals surface area contributed by atoms with Crippen LogP contribution in [0.2, 0.25) is 10.0 Å². The molecule has 4 nitrogen and oxygen atoms in total. The van der Waals surface area contributed by atoms with Crippen molar-refractivity contribution < 1.29 is 4.79 Å². The molecule has 1 aromatic carbocycles. The van der Waals surface area contributed by atoms with Crippen molar-refractivity contribution in [3.8, 4) is 0 Å². The van der Waals surface area contributed by atoms with Crippen molar-refractivity contribution in [3.63, 3.8) is 0 Å². The second-order valence-corrected chi connectivity index (χ2v) is 5.22. The highest BCUT2D eigenvalue weighted by atomic mass is 35.5. The van der Waals surface area contributed by atoms with Gasteiger partial charge in [-0.3, -0.25) is 9.89 Å². The third-order valence-electron chi connectivity index (χ3n) is 2.75. The lowest BCUT2D eigenvalue weighted by molar-refractivity contribution is 0.0784. The first kappa shape index (κ1) is 13.9. The summed E-state index contributed by atoms with van der Waals surface area (Å²) in [5.74, 6) is -0.0950. The van der Waals surface area contributed by atoms with Crippen LogP contribution in [0.25, 0.3) is 0 Å². The summed E-state index contributed by atoms with van der Waals surface area (Å²) >= 11 is 11.9. The van der Waals surface area contributed by atoms with Crippen molar-refractivity contribution >= 4 is 29.1 Å². The molecule has 0 radical (unpaired) electrons. The van der Waals surface area contributed by atoms with E-state index in [0.29, 0.717) is 22.2 Å². The first-order chi connectivity index (χ1) is 8.97. The Morgan fingerprint density at radius 1 is 1.32 bits per heavy atom. The molecular formula is C13H13Cl2N3O. The van der Waals surface area contributed by atoms with Gasteiger partial charge >= 0.3 is 0 Å². The zero-order valence-corrected chi connectivity index (χ0v) is 12.1. The lowest BCUT2D eigenvalue weighted by Crippen LogP contribution is -2.26. The lowest BCUT2D eigenvalue weighted by Gasteiger charge is -2.17. The fourth-order valence-corrected chi connectivity index (χ4v) is 2.39. The molecule has 100 valence electrons. The van der Waals surface area contributed by atoms with Crippen LogP contribution >= 0.6 is 23.2 Å². The van der Waals surface area contributed by atoms with Crippen LogP contribution in [0, 0.1) is 6.92 Å². The molecule has 6 heteroatoms. The number of rotatable bonds is 3. The fourth-order valence-electron chi connectivity index (χ4n) is 1.82. The molecule has 0 unspecified atom stereocenters. The monoisotopic (exact) mass is 297 g/mol. The summed E-state index contributed by atoms with van der Waals surface area (Å²) in [6.45, 7) is 2.24. The second-order valence-electron chi connectivity index (χ2n) is 4.35. The largest absolute Gasteiger partial charge is 0.337 e. The number of halogens is 2. The summed E-state index contributed by atoms with van der Waals surface area (Å²) in [5, 5.41) is 7.71. The van der Waals surface area contributed by atoms with Gasteiger partial charge in [-0.25, -0.2) is 0 Å². The lowest BCUT2D eigenvalue weighted by atomic mass is 10.2. The van der Waals surface area contributed by atoms with Gasteiger partial charge in [0.15, 0.2) is 0 Å². The number of carbonyl (C=O) groups is 1. The van der Waals surface area contributed by atoms with E-state index >= 15 is 0 Å². The van der Waals surface area contributed by atoms with Crippen LogP contribution in [0.5, 0.6) is 0 Å². The quantitative estimate of drug-likeness (QED) is 0.945. The maximum Gasteiger partial charge on any atom is 0.257 e. The number of aromatic nitrogens is 2. The minimum Gasteiger partial charge on any atom is -0.337 e. The van der Waals surface area contributed by atoms with Crippen LogP contribution in [0.1, 0.15) is 21.6 Å². The zero-order valence-electron chi connectivity index (χ0n) is 10.6. The van der Waals surface area contributed by atoms with Gasteiger partial charge in [0.25, 0.3) is 5.91 Å². The highest BCUT2D eigenvalue weighted by molar-refractivity contribution is 6.34. The molecule has 0 atom stereocenters. The summed E-state index contributed by atoms with van der Waals surface area (Å²) in [5.41, 5.74) is 2.20. The summed E-state index contributed by atoms with van der Waals surface area (Å²) in [4.78, 5) is 13.8. The summed E-state index contributed by atoms with van der Waals surface area (Å²) in [7, 11) is 1.73. The third kappa shape index (κ3) is 3.28. The number of aryl methyl sites for hydroxylation is 1. The maximum atomic E-state index is 12.2. The molecule has 19 heavy (non-hydrogen) atoms. The van der Waals surface area contributed by atoms with Gasteiger partial charge in [0.05, 0.1) is 11.8 Å². The second kappa shape index (κ2) is 5.63. The number of hydrogen-bond donors (Lipinski definition) is 1. The number of hydrogen-bond acceptors (Lipinski definition) is 2. The number of nitrogens with zero attached hydrogens (tertiary/aromatic N) is 2. The van der Waals surface area contributed by atoms with Crippen LogP contribution < -0.4 is 0 Å². The van der Waals surface area contributed by atoms with Crippen LogP contribution in [0.15, 0.2) is 24.4 Å². The Morgan fingerprint density at radius 3 is 2.47 bits per heavy atom. The van der Waals surface area contributed by atoms with Gasteiger partial charge in [0.1, 0.15) is 0 Å². The molecule has 1 heterocycles. The van der Waals surface area contributed by atoms with Crippen LogP contribution in [0.4, 0.5) is 0 Å². The van der Waals surface area contributed by atoms with Crippen molar-refractivity contribution in [1.82, 2.24) is 15.1 Å². The van der Waals surface area contributed by atoms with Crippen LogP contribution in [0.3, 0.4) is 0 Å². The van der Waals surface area contributed by atoms with Gasteiger partial charge in [0, 0.05) is 29.3 Å². The smallest absolute Gasteiger partial charge is 0.257 e. The summed E-state index contributed by atoms with van der Waals surface area (Å²) in [6, 6.07) is 5.24. The molecule has 2 rings (SSSR count). The van der Waals surface area contributed by atoms with Crippen LogP contribution in [-0.4, -0.2) is 28.1 Å². The number of amides is 1. The first-order valence-corrected chi connectivity index (χ1v) is 6.43.